The van der Waals surface area contributed by atoms with E-state index in [9.17, 15) is 4.79 Å². The number of benzene rings is 2. The Hall–Kier alpha value is -2.21. The second-order valence-corrected chi connectivity index (χ2v) is 9.60. The average Bonchev–Trinajstić information content (AvgIpc) is 3.05. The number of esters is 1. The minimum absolute atomic E-state index is 0.183. The lowest BCUT2D eigenvalue weighted by Crippen LogP contribution is -2.46. The first kappa shape index (κ1) is 23.5. The van der Waals surface area contributed by atoms with Crippen molar-refractivity contribution in [2.24, 2.45) is 0 Å². The Labute approximate surface area is 186 Å². The SMILES string of the molecule is CC(C)(C)OC(=O)C[C@@H]([C@H]1COC(C)(C)O1)N(Cc1ccccc1)Cc1ccccc1. The molecule has 31 heavy (non-hydrogen) atoms. The van der Waals surface area contributed by atoms with Gasteiger partial charge in [0.25, 0.3) is 0 Å². The molecule has 2 aromatic carbocycles. The van der Waals surface area contributed by atoms with E-state index in [0.717, 1.165) is 0 Å². The van der Waals surface area contributed by atoms with Crippen molar-refractivity contribution < 1.29 is 19.0 Å². The lowest BCUT2D eigenvalue weighted by atomic mass is 10.0. The monoisotopic (exact) mass is 425 g/mol. The Morgan fingerprint density at radius 2 is 1.55 bits per heavy atom. The molecule has 3 rings (SSSR count). The van der Waals surface area contributed by atoms with Crippen molar-refractivity contribution in [1.29, 1.82) is 0 Å². The van der Waals surface area contributed by atoms with E-state index in [1.165, 1.54) is 11.1 Å². The topological polar surface area (TPSA) is 48.0 Å². The van der Waals surface area contributed by atoms with Crippen LogP contribution in [0.3, 0.4) is 0 Å². The van der Waals surface area contributed by atoms with Gasteiger partial charge in [0, 0.05) is 19.1 Å². The molecule has 0 spiro atoms. The van der Waals surface area contributed by atoms with E-state index in [-0.39, 0.29) is 24.5 Å². The Bertz CT molecular complexity index is 788. The van der Waals surface area contributed by atoms with Crippen LogP contribution in [0.25, 0.3) is 0 Å². The fourth-order valence-electron chi connectivity index (χ4n) is 3.88. The van der Waals surface area contributed by atoms with Crippen molar-refractivity contribution in [3.63, 3.8) is 0 Å². The van der Waals surface area contributed by atoms with Crippen LogP contribution >= 0.6 is 0 Å². The summed E-state index contributed by atoms with van der Waals surface area (Å²) in [4.78, 5) is 15.2. The fraction of sp³-hybridized carbons (Fsp3) is 0.500. The predicted molar refractivity (Wildman–Crippen MR) is 121 cm³/mol. The molecule has 1 aliphatic rings. The lowest BCUT2D eigenvalue weighted by molar-refractivity contribution is -0.163. The van der Waals surface area contributed by atoms with Crippen LogP contribution in [0.5, 0.6) is 0 Å². The van der Waals surface area contributed by atoms with Crippen LogP contribution in [0, 0.1) is 0 Å². The molecule has 5 heteroatoms. The zero-order chi connectivity index (χ0) is 22.5. The first-order chi connectivity index (χ1) is 14.6. The molecule has 2 aromatic rings. The van der Waals surface area contributed by atoms with Crippen LogP contribution in [0.2, 0.25) is 0 Å². The molecule has 1 aliphatic heterocycles. The number of carbonyl (C=O) groups excluding carboxylic acids is 1. The van der Waals surface area contributed by atoms with Gasteiger partial charge in [-0.3, -0.25) is 9.69 Å². The Morgan fingerprint density at radius 3 is 1.97 bits per heavy atom. The summed E-state index contributed by atoms with van der Waals surface area (Å²) in [5, 5.41) is 0. The molecular formula is C26H35NO4. The molecule has 1 fully saturated rings. The van der Waals surface area contributed by atoms with Gasteiger partial charge in [0.05, 0.1) is 13.0 Å². The summed E-state index contributed by atoms with van der Waals surface area (Å²) in [6.45, 7) is 11.3. The highest BCUT2D eigenvalue weighted by Gasteiger charge is 2.41. The first-order valence-corrected chi connectivity index (χ1v) is 11.0. The van der Waals surface area contributed by atoms with Crippen molar-refractivity contribution in [3.8, 4) is 0 Å². The van der Waals surface area contributed by atoms with Gasteiger partial charge in [-0.1, -0.05) is 60.7 Å². The number of hydrogen-bond donors (Lipinski definition) is 0. The summed E-state index contributed by atoms with van der Waals surface area (Å²) < 4.78 is 17.8. The van der Waals surface area contributed by atoms with Crippen LogP contribution in [-0.4, -0.2) is 41.0 Å². The molecule has 0 N–H and O–H groups in total. The molecule has 0 bridgehead atoms. The zero-order valence-corrected chi connectivity index (χ0v) is 19.3. The maximum Gasteiger partial charge on any atom is 0.308 e. The van der Waals surface area contributed by atoms with Crippen molar-refractivity contribution in [3.05, 3.63) is 71.8 Å². The molecule has 2 atom stereocenters. The van der Waals surface area contributed by atoms with Gasteiger partial charge in [-0.2, -0.15) is 0 Å². The average molecular weight is 426 g/mol. The van der Waals surface area contributed by atoms with E-state index in [2.05, 4.69) is 29.2 Å². The Balaban J connectivity index is 1.89. The van der Waals surface area contributed by atoms with Crippen molar-refractivity contribution in [2.45, 2.75) is 77.7 Å². The maximum atomic E-state index is 12.9. The molecule has 5 nitrogen and oxygen atoms in total. The summed E-state index contributed by atoms with van der Waals surface area (Å²) in [6, 6.07) is 20.4. The van der Waals surface area contributed by atoms with Crippen LogP contribution in [0.1, 0.15) is 52.2 Å². The van der Waals surface area contributed by atoms with Crippen LogP contribution in [0.4, 0.5) is 0 Å². The molecule has 0 unspecified atom stereocenters. The van der Waals surface area contributed by atoms with Gasteiger partial charge in [0.15, 0.2) is 5.79 Å². The minimum atomic E-state index is -0.665. The van der Waals surface area contributed by atoms with Crippen LogP contribution in [-0.2, 0) is 32.1 Å². The van der Waals surface area contributed by atoms with E-state index in [1.54, 1.807) is 0 Å². The molecular weight excluding hydrogens is 390 g/mol. The van der Waals surface area contributed by atoms with E-state index in [0.29, 0.717) is 19.7 Å². The predicted octanol–water partition coefficient (Wildman–Crippen LogP) is 4.94. The van der Waals surface area contributed by atoms with Gasteiger partial charge >= 0.3 is 5.97 Å². The number of nitrogens with zero attached hydrogens (tertiary/aromatic N) is 1. The quantitative estimate of drug-likeness (QED) is 0.561. The van der Waals surface area contributed by atoms with Crippen molar-refractivity contribution in [1.82, 2.24) is 4.90 Å². The van der Waals surface area contributed by atoms with Gasteiger partial charge in [0.1, 0.15) is 11.7 Å². The Kier molecular flexibility index (Phi) is 7.52. The third-order valence-corrected chi connectivity index (χ3v) is 5.18. The molecule has 168 valence electrons. The zero-order valence-electron chi connectivity index (χ0n) is 19.3. The molecule has 0 aliphatic carbocycles. The molecule has 1 saturated heterocycles. The standard InChI is InChI=1S/C26H35NO4/c1-25(2,3)31-24(28)16-22(23-19-29-26(4,5)30-23)27(17-20-12-8-6-9-13-20)18-21-14-10-7-11-15-21/h6-15,22-23H,16-19H2,1-5H3/t22-,23+/m0/s1. The van der Waals surface area contributed by atoms with Gasteiger partial charge in [-0.25, -0.2) is 0 Å². The highest BCUT2D eigenvalue weighted by molar-refractivity contribution is 5.70. The second-order valence-electron chi connectivity index (χ2n) is 9.60. The maximum absolute atomic E-state index is 12.9. The summed E-state index contributed by atoms with van der Waals surface area (Å²) in [7, 11) is 0. The summed E-state index contributed by atoms with van der Waals surface area (Å²) in [6.07, 6.45) is 0.0102. The van der Waals surface area contributed by atoms with E-state index < -0.39 is 11.4 Å². The molecule has 0 amide bonds. The van der Waals surface area contributed by atoms with Crippen LogP contribution < -0.4 is 0 Å². The van der Waals surface area contributed by atoms with Gasteiger partial charge < -0.3 is 14.2 Å². The number of rotatable bonds is 8. The molecule has 0 radical (unpaired) electrons. The third-order valence-electron chi connectivity index (χ3n) is 5.18. The fourth-order valence-corrected chi connectivity index (χ4v) is 3.88. The second kappa shape index (κ2) is 9.94. The third kappa shape index (κ3) is 7.46. The van der Waals surface area contributed by atoms with Crippen LogP contribution in [0.15, 0.2) is 60.7 Å². The largest absolute Gasteiger partial charge is 0.460 e. The number of hydrogen-bond acceptors (Lipinski definition) is 5. The van der Waals surface area contributed by atoms with Crippen molar-refractivity contribution >= 4 is 5.97 Å². The molecule has 0 aromatic heterocycles. The number of ether oxygens (including phenoxy) is 3. The van der Waals surface area contributed by atoms with E-state index in [1.807, 2.05) is 71.0 Å². The van der Waals surface area contributed by atoms with Gasteiger partial charge in [0.2, 0.25) is 0 Å². The summed E-state index contributed by atoms with van der Waals surface area (Å²) in [5.74, 6) is -0.890. The van der Waals surface area contributed by atoms with Gasteiger partial charge in [-0.15, -0.1) is 0 Å². The normalized spacial score (nSPS) is 19.4. The smallest absolute Gasteiger partial charge is 0.308 e. The molecule has 0 saturated carbocycles. The van der Waals surface area contributed by atoms with Crippen molar-refractivity contribution in [2.75, 3.05) is 6.61 Å². The van der Waals surface area contributed by atoms with Gasteiger partial charge in [-0.05, 0) is 45.7 Å². The Morgan fingerprint density at radius 1 is 1.03 bits per heavy atom. The van der Waals surface area contributed by atoms with E-state index in [4.69, 9.17) is 14.2 Å². The molecule has 1 heterocycles. The lowest BCUT2D eigenvalue weighted by Gasteiger charge is -2.35. The summed E-state index contributed by atoms with van der Waals surface area (Å²) in [5.41, 5.74) is 1.84. The first-order valence-electron chi connectivity index (χ1n) is 11.0. The minimum Gasteiger partial charge on any atom is -0.460 e. The highest BCUT2D eigenvalue weighted by atomic mass is 16.7. The van der Waals surface area contributed by atoms with E-state index >= 15 is 0 Å². The summed E-state index contributed by atoms with van der Waals surface area (Å²) >= 11 is 0. The highest BCUT2D eigenvalue weighted by Crippen LogP contribution is 2.30. The number of carbonyl (C=O) groups is 1.